The Hall–Kier alpha value is -2.39. The molecule has 1 aromatic heterocycles. The van der Waals surface area contributed by atoms with E-state index in [2.05, 4.69) is 14.7 Å². The Labute approximate surface area is 171 Å². The molecule has 0 atom stereocenters. The Balaban J connectivity index is 1.58. The molecule has 1 fully saturated rings. The van der Waals surface area contributed by atoms with Gasteiger partial charge in [0.25, 0.3) is 11.8 Å². The highest BCUT2D eigenvalue weighted by Crippen LogP contribution is 2.28. The molecule has 1 aliphatic rings. The van der Waals surface area contributed by atoms with Crippen molar-refractivity contribution in [2.24, 2.45) is 0 Å². The summed E-state index contributed by atoms with van der Waals surface area (Å²) in [5.41, 5.74) is 0.796. The highest BCUT2D eigenvalue weighted by Gasteiger charge is 2.28. The van der Waals surface area contributed by atoms with E-state index in [9.17, 15) is 8.42 Å². The number of benzene rings is 1. The number of aryl methyl sites for hydroxylation is 1. The van der Waals surface area contributed by atoms with Gasteiger partial charge in [0.15, 0.2) is 0 Å². The summed E-state index contributed by atoms with van der Waals surface area (Å²) >= 11 is 0. The lowest BCUT2D eigenvalue weighted by Gasteiger charge is -2.29. The van der Waals surface area contributed by atoms with Crippen molar-refractivity contribution in [1.82, 2.24) is 14.7 Å². The molecule has 2 aromatic rings. The molecule has 1 heterocycles. The van der Waals surface area contributed by atoms with Crippen LogP contribution in [0.15, 0.2) is 35.5 Å². The molecule has 3 rings (SSSR count). The number of aromatic nitrogens is 2. The minimum atomic E-state index is -3.59. The first-order valence-corrected chi connectivity index (χ1v) is 11.2. The number of nitrogens with one attached hydrogen (secondary N) is 1. The zero-order chi connectivity index (χ0) is 20.9. The molecule has 1 N–H and O–H groups in total. The summed E-state index contributed by atoms with van der Waals surface area (Å²) in [6, 6.07) is 4.79. The summed E-state index contributed by atoms with van der Waals surface area (Å²) in [4.78, 5) is 8.48. The maximum absolute atomic E-state index is 12.8. The molecular formula is C20H27N3O5S. The molecule has 158 valence electrons. The summed E-state index contributed by atoms with van der Waals surface area (Å²) in [6.45, 7) is 4.27. The summed E-state index contributed by atoms with van der Waals surface area (Å²) in [6.07, 6.45) is 5.85. The van der Waals surface area contributed by atoms with Crippen molar-refractivity contribution >= 4 is 10.0 Å². The standard InChI is InChI=1S/C20H27N3O5S/c1-4-27-18-10-9-17(13-14(18)2)29(24,25)23-15-5-7-16(8-6-15)28-20-19(26-3)21-11-12-22-20/h9-13,15-16,23H,4-8H2,1-3H3. The summed E-state index contributed by atoms with van der Waals surface area (Å²) < 4.78 is 44.9. The van der Waals surface area contributed by atoms with E-state index in [0.29, 0.717) is 37.0 Å². The smallest absolute Gasteiger partial charge is 0.278 e. The van der Waals surface area contributed by atoms with Gasteiger partial charge in [-0.25, -0.2) is 23.1 Å². The van der Waals surface area contributed by atoms with Gasteiger partial charge >= 0.3 is 0 Å². The maximum atomic E-state index is 12.8. The maximum Gasteiger partial charge on any atom is 0.278 e. The lowest BCUT2D eigenvalue weighted by molar-refractivity contribution is 0.132. The molecule has 0 aliphatic heterocycles. The van der Waals surface area contributed by atoms with Crippen LogP contribution in [0.4, 0.5) is 0 Å². The van der Waals surface area contributed by atoms with E-state index in [1.807, 2.05) is 13.8 Å². The van der Waals surface area contributed by atoms with Crippen LogP contribution in [0.25, 0.3) is 0 Å². The fraction of sp³-hybridized carbons (Fsp3) is 0.500. The van der Waals surface area contributed by atoms with Gasteiger partial charge < -0.3 is 14.2 Å². The predicted octanol–water partition coefficient (Wildman–Crippen LogP) is 2.86. The summed E-state index contributed by atoms with van der Waals surface area (Å²) in [5.74, 6) is 1.41. The SMILES string of the molecule is CCOc1ccc(S(=O)(=O)NC2CCC(Oc3nccnc3OC)CC2)cc1C. The van der Waals surface area contributed by atoms with E-state index in [1.54, 1.807) is 30.6 Å². The average Bonchev–Trinajstić information content (AvgIpc) is 2.71. The topological polar surface area (TPSA) is 99.6 Å². The molecule has 0 radical (unpaired) electrons. The van der Waals surface area contributed by atoms with E-state index in [1.165, 1.54) is 7.11 Å². The number of hydrogen-bond donors (Lipinski definition) is 1. The van der Waals surface area contributed by atoms with Crippen LogP contribution in [-0.2, 0) is 10.0 Å². The third-order valence-corrected chi connectivity index (χ3v) is 6.38. The first-order chi connectivity index (χ1) is 13.9. The van der Waals surface area contributed by atoms with E-state index in [-0.39, 0.29) is 17.0 Å². The van der Waals surface area contributed by atoms with Crippen molar-refractivity contribution in [3.8, 4) is 17.5 Å². The van der Waals surface area contributed by atoms with Crippen molar-refractivity contribution in [3.63, 3.8) is 0 Å². The van der Waals surface area contributed by atoms with E-state index in [4.69, 9.17) is 14.2 Å². The van der Waals surface area contributed by atoms with Crippen LogP contribution < -0.4 is 18.9 Å². The van der Waals surface area contributed by atoms with Crippen LogP contribution in [0, 0.1) is 6.92 Å². The number of hydrogen-bond acceptors (Lipinski definition) is 7. The third-order valence-electron chi connectivity index (χ3n) is 4.86. The lowest BCUT2D eigenvalue weighted by Crippen LogP contribution is -2.39. The van der Waals surface area contributed by atoms with Gasteiger partial charge in [0, 0.05) is 18.4 Å². The molecular weight excluding hydrogens is 394 g/mol. The predicted molar refractivity (Wildman–Crippen MR) is 108 cm³/mol. The van der Waals surface area contributed by atoms with Gasteiger partial charge in [-0.2, -0.15) is 0 Å². The third kappa shape index (κ3) is 5.36. The highest BCUT2D eigenvalue weighted by atomic mass is 32.2. The van der Waals surface area contributed by atoms with Crippen molar-refractivity contribution in [3.05, 3.63) is 36.2 Å². The minimum absolute atomic E-state index is 0.0472. The van der Waals surface area contributed by atoms with Crippen LogP contribution in [0.1, 0.15) is 38.2 Å². The number of ether oxygens (including phenoxy) is 3. The van der Waals surface area contributed by atoms with E-state index >= 15 is 0 Å². The number of sulfonamides is 1. The largest absolute Gasteiger partial charge is 0.494 e. The number of nitrogens with zero attached hydrogens (tertiary/aromatic N) is 2. The molecule has 1 saturated carbocycles. The molecule has 9 heteroatoms. The second-order valence-corrected chi connectivity index (χ2v) is 8.66. The normalized spacial score (nSPS) is 19.6. The minimum Gasteiger partial charge on any atom is -0.494 e. The van der Waals surface area contributed by atoms with Gasteiger partial charge in [0.1, 0.15) is 11.9 Å². The van der Waals surface area contributed by atoms with E-state index < -0.39 is 10.0 Å². The van der Waals surface area contributed by atoms with Gasteiger partial charge in [-0.1, -0.05) is 0 Å². The molecule has 0 unspecified atom stereocenters. The molecule has 1 aliphatic carbocycles. The van der Waals surface area contributed by atoms with Crippen LogP contribution in [0.3, 0.4) is 0 Å². The van der Waals surface area contributed by atoms with Gasteiger partial charge in [-0.15, -0.1) is 0 Å². The number of rotatable bonds is 8. The Morgan fingerprint density at radius 2 is 1.79 bits per heavy atom. The molecule has 29 heavy (non-hydrogen) atoms. The lowest BCUT2D eigenvalue weighted by atomic mass is 9.94. The van der Waals surface area contributed by atoms with Gasteiger partial charge in [-0.05, 0) is 63.3 Å². The van der Waals surface area contributed by atoms with Crippen molar-refractivity contribution in [1.29, 1.82) is 0 Å². The second-order valence-electron chi connectivity index (χ2n) is 6.94. The van der Waals surface area contributed by atoms with Crippen molar-refractivity contribution in [2.75, 3.05) is 13.7 Å². The summed E-state index contributed by atoms with van der Waals surface area (Å²) in [7, 11) is -2.07. The summed E-state index contributed by atoms with van der Waals surface area (Å²) in [5, 5.41) is 0. The van der Waals surface area contributed by atoms with Crippen LogP contribution >= 0.6 is 0 Å². The zero-order valence-corrected chi connectivity index (χ0v) is 17.7. The first-order valence-electron chi connectivity index (χ1n) is 9.70. The van der Waals surface area contributed by atoms with Gasteiger partial charge in [0.2, 0.25) is 10.0 Å². The highest BCUT2D eigenvalue weighted by molar-refractivity contribution is 7.89. The molecule has 1 aromatic carbocycles. The van der Waals surface area contributed by atoms with Gasteiger partial charge in [-0.3, -0.25) is 0 Å². The Morgan fingerprint density at radius 1 is 1.10 bits per heavy atom. The first kappa shape index (κ1) is 21.3. The average molecular weight is 422 g/mol. The molecule has 0 amide bonds. The Bertz CT molecular complexity index is 927. The molecule has 0 saturated heterocycles. The Morgan fingerprint density at radius 3 is 2.41 bits per heavy atom. The molecule has 0 bridgehead atoms. The van der Waals surface area contributed by atoms with Crippen LogP contribution in [-0.4, -0.2) is 44.2 Å². The monoisotopic (exact) mass is 421 g/mol. The Kier molecular flexibility index (Phi) is 6.92. The zero-order valence-electron chi connectivity index (χ0n) is 16.9. The van der Waals surface area contributed by atoms with Gasteiger partial charge in [0.05, 0.1) is 18.6 Å². The quantitative estimate of drug-likeness (QED) is 0.699. The molecule has 0 spiro atoms. The fourth-order valence-electron chi connectivity index (χ4n) is 3.38. The van der Waals surface area contributed by atoms with Crippen LogP contribution in [0.5, 0.6) is 17.5 Å². The van der Waals surface area contributed by atoms with E-state index in [0.717, 1.165) is 18.4 Å². The van der Waals surface area contributed by atoms with Crippen LogP contribution in [0.2, 0.25) is 0 Å². The second kappa shape index (κ2) is 9.41. The number of methoxy groups -OCH3 is 1. The molecule has 8 nitrogen and oxygen atoms in total. The van der Waals surface area contributed by atoms with Crippen molar-refractivity contribution in [2.45, 2.75) is 56.6 Å². The van der Waals surface area contributed by atoms with Crippen molar-refractivity contribution < 1.29 is 22.6 Å². The fourth-order valence-corrected chi connectivity index (χ4v) is 4.77.